The number of nitrogens with two attached hydrogens (primary N) is 1. The van der Waals surface area contributed by atoms with Gasteiger partial charge in [-0.3, -0.25) is 0 Å². The van der Waals surface area contributed by atoms with Gasteiger partial charge in [0.2, 0.25) is 0 Å². The predicted molar refractivity (Wildman–Crippen MR) is 51.6 cm³/mol. The van der Waals surface area contributed by atoms with Gasteiger partial charge in [-0.05, 0) is 11.6 Å². The largest absolute Gasteiger partial charge is 0.326 e. The van der Waals surface area contributed by atoms with Crippen LogP contribution in [-0.4, -0.2) is 6.34 Å². The van der Waals surface area contributed by atoms with Gasteiger partial charge in [0.05, 0.1) is 5.69 Å². The van der Waals surface area contributed by atoms with Crippen LogP contribution >= 0.6 is 0 Å². The molecule has 0 radical (unpaired) electrons. The second-order valence-corrected chi connectivity index (χ2v) is 2.67. The summed E-state index contributed by atoms with van der Waals surface area (Å²) in [4.78, 5) is 0. The fourth-order valence-corrected chi connectivity index (χ4v) is 1.24. The molecule has 2 rings (SSSR count). The third-order valence-electron chi connectivity index (χ3n) is 1.88. The number of para-hydroxylation sites is 1. The Morgan fingerprint density at radius 1 is 1.38 bits per heavy atom. The van der Waals surface area contributed by atoms with Crippen LogP contribution in [0.1, 0.15) is 5.56 Å². The fraction of sp³-hybridized carbons (Fsp3) is 0.125. The van der Waals surface area contributed by atoms with Gasteiger partial charge in [0.1, 0.15) is 6.34 Å². The van der Waals surface area contributed by atoms with E-state index in [4.69, 9.17) is 5.73 Å². The summed E-state index contributed by atoms with van der Waals surface area (Å²) >= 11 is 0. The maximum Gasteiger partial charge on any atom is 0.133 e. The van der Waals surface area contributed by atoms with Crippen LogP contribution in [0.2, 0.25) is 0 Å². The summed E-state index contributed by atoms with van der Waals surface area (Å²) in [7, 11) is 0. The van der Waals surface area contributed by atoms with Crippen molar-refractivity contribution in [1.29, 1.82) is 0 Å². The van der Waals surface area contributed by atoms with Crippen molar-refractivity contribution < 1.29 is 0 Å². The van der Waals surface area contributed by atoms with Gasteiger partial charge in [0.25, 0.3) is 0 Å². The van der Waals surface area contributed by atoms with E-state index in [0.717, 1.165) is 11.3 Å². The standard InChI is InChI=1S/C8H11N5/c9-5-7-3-1-2-4-8(7)13-6-10-11-12-13/h1-4,6,11-12H,5,9H2. The Balaban J connectivity index is 2.32. The van der Waals surface area contributed by atoms with Crippen molar-refractivity contribution in [2.75, 3.05) is 5.01 Å². The second-order valence-electron chi connectivity index (χ2n) is 2.67. The first-order valence-electron chi connectivity index (χ1n) is 4.03. The molecule has 13 heavy (non-hydrogen) atoms. The van der Waals surface area contributed by atoms with Crippen LogP contribution in [0, 0.1) is 0 Å². The minimum Gasteiger partial charge on any atom is -0.326 e. The lowest BCUT2D eigenvalue weighted by atomic mass is 10.2. The minimum absolute atomic E-state index is 0.516. The third-order valence-corrected chi connectivity index (χ3v) is 1.88. The van der Waals surface area contributed by atoms with E-state index >= 15 is 0 Å². The van der Waals surface area contributed by atoms with E-state index in [1.165, 1.54) is 0 Å². The van der Waals surface area contributed by atoms with E-state index in [9.17, 15) is 0 Å². The first-order chi connectivity index (χ1) is 6.42. The molecule has 0 amide bonds. The van der Waals surface area contributed by atoms with Gasteiger partial charge in [-0.1, -0.05) is 18.2 Å². The molecule has 5 nitrogen and oxygen atoms in total. The number of anilines is 1. The molecule has 1 aromatic rings. The van der Waals surface area contributed by atoms with E-state index in [0.29, 0.717) is 6.54 Å². The Hall–Kier alpha value is -1.59. The van der Waals surface area contributed by atoms with E-state index in [1.807, 2.05) is 24.3 Å². The minimum atomic E-state index is 0.516. The highest BCUT2D eigenvalue weighted by Gasteiger charge is 2.09. The lowest BCUT2D eigenvalue weighted by Crippen LogP contribution is -2.37. The molecule has 5 heteroatoms. The van der Waals surface area contributed by atoms with E-state index in [1.54, 1.807) is 11.3 Å². The molecule has 0 unspecified atom stereocenters. The van der Waals surface area contributed by atoms with Gasteiger partial charge in [-0.2, -0.15) is 5.10 Å². The molecule has 1 aromatic carbocycles. The quantitative estimate of drug-likeness (QED) is 0.591. The van der Waals surface area contributed by atoms with Crippen LogP contribution in [0.4, 0.5) is 5.69 Å². The number of hydrazone groups is 1. The molecule has 0 fully saturated rings. The number of nitrogens with zero attached hydrogens (tertiary/aromatic N) is 2. The van der Waals surface area contributed by atoms with Crippen LogP contribution in [0.25, 0.3) is 0 Å². The summed E-state index contributed by atoms with van der Waals surface area (Å²) in [6.07, 6.45) is 1.66. The van der Waals surface area contributed by atoms with Gasteiger partial charge < -0.3 is 5.73 Å². The van der Waals surface area contributed by atoms with E-state index < -0.39 is 0 Å². The Bertz CT molecular complexity index is 322. The van der Waals surface area contributed by atoms with Crippen molar-refractivity contribution in [3.8, 4) is 0 Å². The van der Waals surface area contributed by atoms with Crippen molar-refractivity contribution >= 4 is 12.0 Å². The van der Waals surface area contributed by atoms with Crippen molar-refractivity contribution in [1.82, 2.24) is 11.1 Å². The van der Waals surface area contributed by atoms with Crippen LogP contribution in [-0.2, 0) is 6.54 Å². The molecule has 0 bridgehead atoms. The Morgan fingerprint density at radius 2 is 2.23 bits per heavy atom. The Kier molecular flexibility index (Phi) is 2.11. The van der Waals surface area contributed by atoms with Crippen LogP contribution < -0.4 is 21.8 Å². The maximum atomic E-state index is 5.60. The van der Waals surface area contributed by atoms with Crippen molar-refractivity contribution in [2.45, 2.75) is 6.54 Å². The second kappa shape index (κ2) is 3.42. The number of rotatable bonds is 2. The van der Waals surface area contributed by atoms with Gasteiger partial charge in [0, 0.05) is 6.54 Å². The van der Waals surface area contributed by atoms with Gasteiger partial charge in [-0.15, -0.1) is 5.53 Å². The SMILES string of the molecule is NCc1ccccc1N1C=NNN1. The molecule has 68 valence electrons. The predicted octanol–water partition coefficient (Wildman–Crippen LogP) is -0.0822. The summed E-state index contributed by atoms with van der Waals surface area (Å²) in [6, 6.07) is 7.89. The molecular weight excluding hydrogens is 166 g/mol. The first kappa shape index (κ1) is 8.03. The van der Waals surface area contributed by atoms with Crippen LogP contribution in [0.3, 0.4) is 0 Å². The molecule has 0 saturated carbocycles. The average molecular weight is 177 g/mol. The first-order valence-corrected chi connectivity index (χ1v) is 4.03. The summed E-state index contributed by atoms with van der Waals surface area (Å²) in [6.45, 7) is 0.516. The fourth-order valence-electron chi connectivity index (χ4n) is 1.24. The number of hydrogen-bond acceptors (Lipinski definition) is 5. The van der Waals surface area contributed by atoms with E-state index in [2.05, 4.69) is 16.2 Å². The Labute approximate surface area is 76.2 Å². The highest BCUT2D eigenvalue weighted by Crippen LogP contribution is 2.17. The lowest BCUT2D eigenvalue weighted by Gasteiger charge is -2.16. The number of hydrogen-bond donors (Lipinski definition) is 3. The molecule has 1 aliphatic heterocycles. The molecule has 0 atom stereocenters. The molecule has 0 spiro atoms. The number of hydrazine groups is 2. The molecular formula is C8H11N5. The van der Waals surface area contributed by atoms with Crippen LogP contribution in [0.5, 0.6) is 0 Å². The summed E-state index contributed by atoms with van der Waals surface area (Å²) in [5, 5.41) is 5.60. The topological polar surface area (TPSA) is 65.7 Å². The zero-order valence-corrected chi connectivity index (χ0v) is 7.07. The molecule has 4 N–H and O–H groups in total. The van der Waals surface area contributed by atoms with Crippen molar-refractivity contribution in [3.63, 3.8) is 0 Å². The maximum absolute atomic E-state index is 5.60. The number of nitrogens with one attached hydrogen (secondary N) is 2. The normalized spacial score (nSPS) is 14.7. The average Bonchev–Trinajstić information content (AvgIpc) is 2.70. The molecule has 1 aliphatic rings. The summed E-state index contributed by atoms with van der Waals surface area (Å²) in [5.41, 5.74) is 13.2. The van der Waals surface area contributed by atoms with Gasteiger partial charge in [-0.25, -0.2) is 10.5 Å². The summed E-state index contributed by atoms with van der Waals surface area (Å²) < 4.78 is 0. The monoisotopic (exact) mass is 177 g/mol. The molecule has 0 aliphatic carbocycles. The number of benzene rings is 1. The third kappa shape index (κ3) is 1.47. The molecule has 1 heterocycles. The van der Waals surface area contributed by atoms with Crippen molar-refractivity contribution in [2.24, 2.45) is 10.8 Å². The van der Waals surface area contributed by atoms with Crippen LogP contribution in [0.15, 0.2) is 29.4 Å². The zero-order chi connectivity index (χ0) is 9.10. The van der Waals surface area contributed by atoms with Gasteiger partial charge >= 0.3 is 0 Å². The smallest absolute Gasteiger partial charge is 0.133 e. The highest BCUT2D eigenvalue weighted by molar-refractivity contribution is 5.80. The molecule has 0 saturated heterocycles. The Morgan fingerprint density at radius 3 is 2.92 bits per heavy atom. The highest BCUT2D eigenvalue weighted by atomic mass is 15.8. The zero-order valence-electron chi connectivity index (χ0n) is 7.07. The van der Waals surface area contributed by atoms with E-state index in [-0.39, 0.29) is 0 Å². The van der Waals surface area contributed by atoms with Crippen molar-refractivity contribution in [3.05, 3.63) is 29.8 Å². The summed E-state index contributed by atoms with van der Waals surface area (Å²) in [5.74, 6) is 0. The van der Waals surface area contributed by atoms with Gasteiger partial charge in [0.15, 0.2) is 0 Å². The lowest BCUT2D eigenvalue weighted by molar-refractivity contribution is 0.622. The molecule has 0 aromatic heterocycles.